The van der Waals surface area contributed by atoms with Gasteiger partial charge in [-0.15, -0.1) is 12.4 Å². The first-order valence-electron chi connectivity index (χ1n) is 8.58. The number of halogens is 1. The minimum Gasteiger partial charge on any atom is -0.378 e. The van der Waals surface area contributed by atoms with Gasteiger partial charge in [-0.1, -0.05) is 13.8 Å². The van der Waals surface area contributed by atoms with Crippen molar-refractivity contribution in [2.45, 2.75) is 50.4 Å². The topological polar surface area (TPSA) is 84.5 Å². The Bertz CT molecular complexity index is 518. The summed E-state index contributed by atoms with van der Waals surface area (Å²) in [6.45, 7) is 6.62. The molecule has 0 radical (unpaired) electrons. The van der Waals surface area contributed by atoms with E-state index in [9.17, 15) is 13.2 Å². The SMILES string of the molecule is CC(C)C1OCCCC1CNC(=O)C1(S(C)(=O)=O)CCNCC1.Cl. The number of carbonyl (C=O) groups excluding carboxylic acids is 1. The average Bonchev–Trinajstić information content (AvgIpc) is 2.52. The number of hydrogen-bond donors (Lipinski definition) is 2. The van der Waals surface area contributed by atoms with Crippen LogP contribution in [0.1, 0.15) is 39.5 Å². The molecule has 0 aromatic heterocycles. The number of hydrogen-bond acceptors (Lipinski definition) is 5. The van der Waals surface area contributed by atoms with Crippen LogP contribution < -0.4 is 10.6 Å². The van der Waals surface area contributed by atoms with Crippen molar-refractivity contribution in [2.24, 2.45) is 11.8 Å². The fraction of sp³-hybridized carbons (Fsp3) is 0.938. The van der Waals surface area contributed by atoms with Crippen molar-refractivity contribution in [3.05, 3.63) is 0 Å². The van der Waals surface area contributed by atoms with Crippen molar-refractivity contribution in [3.8, 4) is 0 Å². The predicted octanol–water partition coefficient (Wildman–Crippen LogP) is 1.14. The number of amides is 1. The predicted molar refractivity (Wildman–Crippen MR) is 97.2 cm³/mol. The number of sulfone groups is 1. The van der Waals surface area contributed by atoms with Crippen molar-refractivity contribution >= 4 is 28.2 Å². The summed E-state index contributed by atoms with van der Waals surface area (Å²) in [7, 11) is -3.45. The Balaban J connectivity index is 0.00000288. The van der Waals surface area contributed by atoms with Crippen LogP contribution in [0.4, 0.5) is 0 Å². The van der Waals surface area contributed by atoms with Crippen LogP contribution >= 0.6 is 12.4 Å². The number of nitrogens with one attached hydrogen (secondary N) is 2. The molecule has 2 unspecified atom stereocenters. The first-order valence-corrected chi connectivity index (χ1v) is 10.5. The zero-order chi connectivity index (χ0) is 17.1. The molecule has 2 rings (SSSR count). The van der Waals surface area contributed by atoms with E-state index in [1.54, 1.807) is 0 Å². The summed E-state index contributed by atoms with van der Waals surface area (Å²) in [6.07, 6.45) is 3.99. The molecule has 0 spiro atoms. The first-order chi connectivity index (χ1) is 10.8. The molecule has 1 amide bonds. The largest absolute Gasteiger partial charge is 0.378 e. The second-order valence-corrected chi connectivity index (χ2v) is 9.53. The fourth-order valence-electron chi connectivity index (χ4n) is 3.80. The van der Waals surface area contributed by atoms with E-state index >= 15 is 0 Å². The van der Waals surface area contributed by atoms with Gasteiger partial charge in [0.05, 0.1) is 6.10 Å². The van der Waals surface area contributed by atoms with Crippen LogP contribution in [0.2, 0.25) is 0 Å². The number of piperidine rings is 1. The third-order valence-electron chi connectivity index (χ3n) is 5.21. The lowest BCUT2D eigenvalue weighted by Gasteiger charge is -2.37. The maximum Gasteiger partial charge on any atom is 0.241 e. The summed E-state index contributed by atoms with van der Waals surface area (Å²) in [5, 5.41) is 6.06. The summed E-state index contributed by atoms with van der Waals surface area (Å²) >= 11 is 0. The van der Waals surface area contributed by atoms with Gasteiger partial charge >= 0.3 is 0 Å². The molecule has 6 nitrogen and oxygen atoms in total. The van der Waals surface area contributed by atoms with Crippen LogP contribution in [0.3, 0.4) is 0 Å². The summed E-state index contributed by atoms with van der Waals surface area (Å²) in [6, 6.07) is 0. The Morgan fingerprint density at radius 1 is 1.33 bits per heavy atom. The highest BCUT2D eigenvalue weighted by atomic mass is 35.5. The van der Waals surface area contributed by atoms with Crippen LogP contribution in [0.25, 0.3) is 0 Å². The van der Waals surface area contributed by atoms with Gasteiger partial charge < -0.3 is 15.4 Å². The highest BCUT2D eigenvalue weighted by Crippen LogP contribution is 2.29. The lowest BCUT2D eigenvalue weighted by atomic mass is 9.87. The monoisotopic (exact) mass is 382 g/mol. The lowest BCUT2D eigenvalue weighted by Crippen LogP contribution is -2.58. The molecule has 8 heteroatoms. The van der Waals surface area contributed by atoms with E-state index in [2.05, 4.69) is 24.5 Å². The van der Waals surface area contributed by atoms with E-state index < -0.39 is 14.6 Å². The molecule has 2 heterocycles. The smallest absolute Gasteiger partial charge is 0.241 e. The third kappa shape index (κ3) is 4.62. The third-order valence-corrected chi connectivity index (χ3v) is 7.22. The van der Waals surface area contributed by atoms with Gasteiger partial charge in [0.25, 0.3) is 0 Å². The molecule has 0 aliphatic carbocycles. The first kappa shape index (κ1) is 21.7. The van der Waals surface area contributed by atoms with Gasteiger partial charge in [-0.3, -0.25) is 4.79 Å². The van der Waals surface area contributed by atoms with Gasteiger partial charge in [0, 0.05) is 25.3 Å². The molecule has 2 atom stereocenters. The maximum absolute atomic E-state index is 12.7. The van der Waals surface area contributed by atoms with Crippen molar-refractivity contribution in [2.75, 3.05) is 32.5 Å². The van der Waals surface area contributed by atoms with Crippen LogP contribution in [-0.2, 0) is 19.4 Å². The molecule has 2 saturated heterocycles. The van der Waals surface area contributed by atoms with Crippen LogP contribution in [0.5, 0.6) is 0 Å². The van der Waals surface area contributed by atoms with Crippen molar-refractivity contribution in [3.63, 3.8) is 0 Å². The zero-order valence-corrected chi connectivity index (χ0v) is 16.5. The molecule has 0 saturated carbocycles. The van der Waals surface area contributed by atoms with Crippen molar-refractivity contribution in [1.29, 1.82) is 0 Å². The molecule has 2 aliphatic rings. The summed E-state index contributed by atoms with van der Waals surface area (Å²) in [4.78, 5) is 12.7. The Morgan fingerprint density at radius 2 is 1.96 bits per heavy atom. The van der Waals surface area contributed by atoms with Gasteiger partial charge in [0.1, 0.15) is 0 Å². The molecule has 2 fully saturated rings. The van der Waals surface area contributed by atoms with Crippen LogP contribution in [0, 0.1) is 11.8 Å². The van der Waals surface area contributed by atoms with E-state index in [-0.39, 0.29) is 30.3 Å². The molecule has 0 aromatic carbocycles. The lowest BCUT2D eigenvalue weighted by molar-refractivity contribution is -0.125. The van der Waals surface area contributed by atoms with E-state index in [0.717, 1.165) is 19.4 Å². The number of ether oxygens (including phenoxy) is 1. The zero-order valence-electron chi connectivity index (χ0n) is 14.8. The molecule has 142 valence electrons. The van der Waals surface area contributed by atoms with E-state index in [1.807, 2.05) is 0 Å². The molecule has 2 N–H and O–H groups in total. The summed E-state index contributed by atoms with van der Waals surface area (Å²) < 4.78 is 29.1. The standard InChI is InChI=1S/C16H30N2O4S.ClH/c1-12(2)14-13(5-4-10-22-14)11-18-15(19)16(23(3,20)21)6-8-17-9-7-16;/h12-14,17H,4-11H2,1-3H3,(H,18,19);1H. The van der Waals surface area contributed by atoms with Gasteiger partial charge in [-0.2, -0.15) is 0 Å². The normalized spacial score (nSPS) is 27.3. The fourth-order valence-corrected chi connectivity index (χ4v) is 5.16. The van der Waals surface area contributed by atoms with Crippen LogP contribution in [-0.4, -0.2) is 57.7 Å². The van der Waals surface area contributed by atoms with E-state index in [1.165, 1.54) is 6.26 Å². The van der Waals surface area contributed by atoms with Crippen molar-refractivity contribution < 1.29 is 17.9 Å². The van der Waals surface area contributed by atoms with E-state index in [0.29, 0.717) is 38.4 Å². The highest BCUT2D eigenvalue weighted by molar-refractivity contribution is 7.92. The molecule has 24 heavy (non-hydrogen) atoms. The molecular weight excluding hydrogens is 352 g/mol. The quantitative estimate of drug-likeness (QED) is 0.744. The minimum atomic E-state index is -3.45. The second-order valence-electron chi connectivity index (χ2n) is 7.21. The van der Waals surface area contributed by atoms with E-state index in [4.69, 9.17) is 4.74 Å². The number of carbonyl (C=O) groups is 1. The summed E-state index contributed by atoms with van der Waals surface area (Å²) in [5.41, 5.74) is 0. The minimum absolute atomic E-state index is 0. The average molecular weight is 383 g/mol. The van der Waals surface area contributed by atoms with Crippen molar-refractivity contribution in [1.82, 2.24) is 10.6 Å². The Morgan fingerprint density at radius 3 is 2.50 bits per heavy atom. The Hall–Kier alpha value is -0.370. The van der Waals surface area contributed by atoms with Crippen LogP contribution in [0.15, 0.2) is 0 Å². The number of rotatable bonds is 5. The second kappa shape index (κ2) is 8.83. The molecule has 0 bridgehead atoms. The molecular formula is C16H31ClN2O4S. The highest BCUT2D eigenvalue weighted by Gasteiger charge is 2.48. The Labute approximate surface area is 151 Å². The van der Waals surface area contributed by atoms with Gasteiger partial charge in [0.2, 0.25) is 5.91 Å². The summed E-state index contributed by atoms with van der Waals surface area (Å²) in [5.74, 6) is 0.306. The maximum atomic E-state index is 12.7. The Kier molecular flexibility index (Phi) is 7.97. The molecule has 2 aliphatic heterocycles. The van der Waals surface area contributed by atoms with Gasteiger partial charge in [-0.05, 0) is 44.7 Å². The van der Waals surface area contributed by atoms with Gasteiger partial charge in [-0.25, -0.2) is 8.42 Å². The molecule has 0 aromatic rings. The van der Waals surface area contributed by atoms with Gasteiger partial charge in [0.15, 0.2) is 14.6 Å².